The summed E-state index contributed by atoms with van der Waals surface area (Å²) >= 11 is 0. The number of piperidine rings is 1. The molecular formula is C24H29F3N4O4S. The Morgan fingerprint density at radius 1 is 1.17 bits per heavy atom. The molecule has 0 spiro atoms. The van der Waals surface area contributed by atoms with Crippen molar-refractivity contribution >= 4 is 21.6 Å². The molecule has 3 heterocycles. The topological polar surface area (TPSA) is 101 Å². The molecule has 2 aliphatic heterocycles. The van der Waals surface area contributed by atoms with Crippen LogP contribution >= 0.6 is 0 Å². The number of anilines is 1. The summed E-state index contributed by atoms with van der Waals surface area (Å²) in [5, 5.41) is 6.16. The Bertz CT molecular complexity index is 1140. The number of carbonyl (C=O) groups is 1. The molecule has 8 nitrogen and oxygen atoms in total. The van der Waals surface area contributed by atoms with E-state index in [1.807, 2.05) is 6.07 Å². The number of alkyl halides is 3. The number of hydrogen-bond acceptors (Lipinski definition) is 6. The van der Waals surface area contributed by atoms with Gasteiger partial charge in [0.15, 0.2) is 0 Å². The fourth-order valence-electron chi connectivity index (χ4n) is 4.69. The summed E-state index contributed by atoms with van der Waals surface area (Å²) < 4.78 is 69.2. The second-order valence-electron chi connectivity index (χ2n) is 9.06. The zero-order valence-electron chi connectivity index (χ0n) is 19.6. The third-order valence-corrected chi connectivity index (χ3v) is 8.52. The van der Waals surface area contributed by atoms with Gasteiger partial charge in [0, 0.05) is 44.1 Å². The smallest absolute Gasteiger partial charge is 0.404 e. The van der Waals surface area contributed by atoms with Crippen molar-refractivity contribution in [2.75, 3.05) is 25.0 Å². The summed E-state index contributed by atoms with van der Waals surface area (Å²) in [6.45, 7) is 1.05. The molecule has 4 rings (SSSR count). The maximum Gasteiger partial charge on any atom is 0.573 e. The lowest BCUT2D eigenvalue weighted by atomic mass is 9.92. The molecule has 1 saturated heterocycles. The van der Waals surface area contributed by atoms with Crippen LogP contribution in [0.25, 0.3) is 0 Å². The van der Waals surface area contributed by atoms with E-state index in [0.29, 0.717) is 31.7 Å². The van der Waals surface area contributed by atoms with E-state index in [4.69, 9.17) is 0 Å². The molecule has 1 atom stereocenters. The minimum Gasteiger partial charge on any atom is -0.404 e. The highest BCUT2D eigenvalue weighted by atomic mass is 32.2. The number of aromatic nitrogens is 1. The SMILES string of the molecule is O=C(NCCCCC1CCN(S(=O)(=O)c2ccccc2OC(F)(F)F)CC1)C1Cc2cnccc2N1. The summed E-state index contributed by atoms with van der Waals surface area (Å²) in [6, 6.07) is 6.38. The number of fused-ring (bicyclic) bond motifs is 1. The monoisotopic (exact) mass is 526 g/mol. The van der Waals surface area contributed by atoms with E-state index >= 15 is 0 Å². The number of sulfonamides is 1. The number of nitrogens with one attached hydrogen (secondary N) is 2. The van der Waals surface area contributed by atoms with Crippen LogP contribution < -0.4 is 15.4 Å². The molecule has 0 saturated carbocycles. The minimum absolute atomic E-state index is 0.0421. The number of rotatable bonds is 9. The van der Waals surface area contributed by atoms with Gasteiger partial charge in [0.2, 0.25) is 15.9 Å². The van der Waals surface area contributed by atoms with Crippen LogP contribution in [0.5, 0.6) is 5.75 Å². The van der Waals surface area contributed by atoms with Gasteiger partial charge in [-0.3, -0.25) is 9.78 Å². The van der Waals surface area contributed by atoms with Gasteiger partial charge in [-0.2, -0.15) is 4.31 Å². The largest absolute Gasteiger partial charge is 0.573 e. The molecule has 12 heteroatoms. The number of pyridine rings is 1. The van der Waals surface area contributed by atoms with E-state index in [0.717, 1.165) is 42.6 Å². The third-order valence-electron chi connectivity index (χ3n) is 6.58. The predicted molar refractivity (Wildman–Crippen MR) is 127 cm³/mol. The van der Waals surface area contributed by atoms with Gasteiger partial charge < -0.3 is 15.4 Å². The van der Waals surface area contributed by atoms with Crippen LogP contribution in [0.2, 0.25) is 0 Å². The Labute approximate surface area is 208 Å². The van der Waals surface area contributed by atoms with Gasteiger partial charge in [-0.1, -0.05) is 25.0 Å². The average Bonchev–Trinajstić information content (AvgIpc) is 3.28. The first kappa shape index (κ1) is 26.2. The van der Waals surface area contributed by atoms with E-state index in [2.05, 4.69) is 20.4 Å². The highest BCUT2D eigenvalue weighted by molar-refractivity contribution is 7.89. The molecule has 196 valence electrons. The molecule has 2 aromatic rings. The molecule has 1 unspecified atom stereocenters. The van der Waals surface area contributed by atoms with E-state index in [1.54, 1.807) is 12.4 Å². The number of para-hydroxylation sites is 1. The van der Waals surface area contributed by atoms with Crippen molar-refractivity contribution in [1.29, 1.82) is 0 Å². The number of halogens is 3. The van der Waals surface area contributed by atoms with Crippen LogP contribution in [-0.2, 0) is 21.2 Å². The Hall–Kier alpha value is -2.86. The number of carbonyl (C=O) groups excluding carboxylic acids is 1. The molecule has 0 radical (unpaired) electrons. The Kier molecular flexibility index (Phi) is 8.04. The molecule has 1 aromatic carbocycles. The lowest BCUT2D eigenvalue weighted by molar-refractivity contribution is -0.275. The second kappa shape index (κ2) is 11.0. The van der Waals surface area contributed by atoms with E-state index in [1.165, 1.54) is 16.4 Å². The molecule has 0 bridgehead atoms. The summed E-state index contributed by atoms with van der Waals surface area (Å²) in [4.78, 5) is 16.0. The standard InChI is InChI=1S/C24H29F3N4O4S/c25-24(26,27)35-21-6-1-2-7-22(21)36(33,34)31-13-9-17(10-14-31)5-3-4-11-29-23(32)20-15-18-16-28-12-8-19(18)30-20/h1-2,6-8,12,16-17,20,30H,3-5,9-11,13-15H2,(H,29,32). The number of unbranched alkanes of at least 4 members (excludes halogenated alkanes) is 1. The van der Waals surface area contributed by atoms with E-state index in [-0.39, 0.29) is 25.0 Å². The predicted octanol–water partition coefficient (Wildman–Crippen LogP) is 3.70. The number of amides is 1. The van der Waals surface area contributed by atoms with Gasteiger partial charge >= 0.3 is 6.36 Å². The van der Waals surface area contributed by atoms with Gasteiger partial charge in [-0.15, -0.1) is 13.2 Å². The third kappa shape index (κ3) is 6.47. The average molecular weight is 527 g/mol. The van der Waals surface area contributed by atoms with Crippen molar-refractivity contribution in [2.45, 2.75) is 55.8 Å². The first-order valence-electron chi connectivity index (χ1n) is 12.0. The van der Waals surface area contributed by atoms with Crippen LogP contribution in [0, 0.1) is 5.92 Å². The number of nitrogens with zero attached hydrogens (tertiary/aromatic N) is 2. The molecule has 2 N–H and O–H groups in total. The van der Waals surface area contributed by atoms with Crippen LogP contribution in [0.4, 0.5) is 18.9 Å². The first-order chi connectivity index (χ1) is 17.1. The first-order valence-corrected chi connectivity index (χ1v) is 13.4. The zero-order valence-corrected chi connectivity index (χ0v) is 20.4. The maximum absolute atomic E-state index is 13.0. The quantitative estimate of drug-likeness (QED) is 0.484. The van der Waals surface area contributed by atoms with Crippen LogP contribution in [0.1, 0.15) is 37.7 Å². The van der Waals surface area contributed by atoms with Gasteiger partial charge in [0.1, 0.15) is 16.7 Å². The number of ether oxygens (including phenoxy) is 1. The van der Waals surface area contributed by atoms with Crippen LogP contribution in [0.15, 0.2) is 47.6 Å². The van der Waals surface area contributed by atoms with Gasteiger partial charge in [-0.25, -0.2) is 8.42 Å². The van der Waals surface area contributed by atoms with Crippen molar-refractivity contribution in [3.8, 4) is 5.75 Å². The molecule has 36 heavy (non-hydrogen) atoms. The minimum atomic E-state index is -4.98. The zero-order chi connectivity index (χ0) is 25.8. The van der Waals surface area contributed by atoms with Gasteiger partial charge in [-0.05, 0) is 48.9 Å². The van der Waals surface area contributed by atoms with E-state index < -0.39 is 27.0 Å². The molecule has 0 aliphatic carbocycles. The lowest BCUT2D eigenvalue weighted by Crippen LogP contribution is -2.39. The van der Waals surface area contributed by atoms with Gasteiger partial charge in [0.05, 0.1) is 0 Å². The number of hydrogen-bond donors (Lipinski definition) is 2. The van der Waals surface area contributed by atoms with Crippen molar-refractivity contribution in [2.24, 2.45) is 5.92 Å². The molecule has 1 aromatic heterocycles. The van der Waals surface area contributed by atoms with Gasteiger partial charge in [0.25, 0.3) is 0 Å². The Morgan fingerprint density at radius 3 is 2.64 bits per heavy atom. The fraction of sp³-hybridized carbons (Fsp3) is 0.500. The van der Waals surface area contributed by atoms with E-state index in [9.17, 15) is 26.4 Å². The van der Waals surface area contributed by atoms with Crippen LogP contribution in [-0.4, -0.2) is 55.7 Å². The summed E-state index contributed by atoms with van der Waals surface area (Å²) in [5.74, 6) is -0.436. The molecular weight excluding hydrogens is 497 g/mol. The summed E-state index contributed by atoms with van der Waals surface area (Å²) in [6.07, 6.45) is 2.95. The van der Waals surface area contributed by atoms with Crippen LogP contribution in [0.3, 0.4) is 0 Å². The van der Waals surface area contributed by atoms with Crippen molar-refractivity contribution < 1.29 is 31.1 Å². The Balaban J connectivity index is 1.17. The molecule has 1 fully saturated rings. The van der Waals surface area contributed by atoms with Crippen molar-refractivity contribution in [3.63, 3.8) is 0 Å². The maximum atomic E-state index is 13.0. The second-order valence-corrected chi connectivity index (χ2v) is 11.0. The van der Waals surface area contributed by atoms with Crippen molar-refractivity contribution in [1.82, 2.24) is 14.6 Å². The Morgan fingerprint density at radius 2 is 1.92 bits per heavy atom. The van der Waals surface area contributed by atoms with Crippen molar-refractivity contribution in [3.05, 3.63) is 48.3 Å². The highest BCUT2D eigenvalue weighted by Gasteiger charge is 2.36. The number of benzene rings is 1. The highest BCUT2D eigenvalue weighted by Crippen LogP contribution is 2.33. The summed E-state index contributed by atoms with van der Waals surface area (Å²) in [7, 11) is -4.10. The fourth-order valence-corrected chi connectivity index (χ4v) is 6.27. The normalized spacial score (nSPS) is 18.9. The summed E-state index contributed by atoms with van der Waals surface area (Å²) in [5.41, 5.74) is 1.97. The lowest BCUT2D eigenvalue weighted by Gasteiger charge is -2.31. The molecule has 1 amide bonds. The molecule has 2 aliphatic rings.